The van der Waals surface area contributed by atoms with E-state index in [9.17, 15) is 18.1 Å². The summed E-state index contributed by atoms with van der Waals surface area (Å²) in [6.45, 7) is 4.64. The molecule has 0 saturated carbocycles. The first-order chi connectivity index (χ1) is 19.1. The Kier molecular flexibility index (Phi) is 7.74. The van der Waals surface area contributed by atoms with Crippen LogP contribution in [0.25, 0.3) is 11.2 Å². The quantitative estimate of drug-likeness (QED) is 0.296. The van der Waals surface area contributed by atoms with E-state index >= 15 is 0 Å². The third-order valence-corrected chi connectivity index (χ3v) is 11.4. The maximum atomic E-state index is 13.4. The van der Waals surface area contributed by atoms with E-state index in [0.717, 1.165) is 5.56 Å². The van der Waals surface area contributed by atoms with Crippen molar-refractivity contribution < 1.29 is 31.8 Å². The van der Waals surface area contributed by atoms with Gasteiger partial charge in [0.05, 0.1) is 17.8 Å². The van der Waals surface area contributed by atoms with Gasteiger partial charge in [-0.2, -0.15) is 4.98 Å². The number of aromatic nitrogens is 4. The van der Waals surface area contributed by atoms with E-state index in [1.165, 1.54) is 32.3 Å². The van der Waals surface area contributed by atoms with E-state index in [2.05, 4.69) is 15.0 Å². The first-order valence-corrected chi connectivity index (χ1v) is 17.2. The number of hydrogen-bond acceptors (Lipinski definition) is 11. The highest BCUT2D eigenvalue weighted by Gasteiger charge is 2.61. The molecule has 0 radical (unpaired) electrons. The van der Waals surface area contributed by atoms with E-state index in [0.29, 0.717) is 19.4 Å². The van der Waals surface area contributed by atoms with Crippen molar-refractivity contribution in [3.63, 3.8) is 0 Å². The lowest BCUT2D eigenvalue weighted by Gasteiger charge is -2.41. The molecule has 5 rings (SSSR count). The van der Waals surface area contributed by atoms with Gasteiger partial charge in [-0.1, -0.05) is 31.5 Å². The Morgan fingerprint density at radius 1 is 1.34 bits per heavy atom. The highest BCUT2D eigenvalue weighted by molar-refractivity contribution is 8.07. The van der Waals surface area contributed by atoms with Gasteiger partial charge in [-0.05, 0) is 57.0 Å². The SMILES string of the molecule is Cc1ccc(S(=O)(=O)C(C)(C)OP(O)(=S)OC2C3OCC[C@]2(CC(C)C)O[C@H]3n2cnc3c(=O)[nH]c(N)nc32)cc1. The van der Waals surface area contributed by atoms with Gasteiger partial charge in [0.25, 0.3) is 5.56 Å². The summed E-state index contributed by atoms with van der Waals surface area (Å²) in [7, 11) is -4.08. The summed E-state index contributed by atoms with van der Waals surface area (Å²) < 4.78 is 53.0. The van der Waals surface area contributed by atoms with Crippen molar-refractivity contribution in [2.75, 3.05) is 12.3 Å². The summed E-state index contributed by atoms with van der Waals surface area (Å²) in [4.78, 5) is 32.7. The Balaban J connectivity index is 1.49. The van der Waals surface area contributed by atoms with E-state index in [1.807, 2.05) is 20.8 Å². The Hall–Kier alpha value is -2.23. The minimum absolute atomic E-state index is 0.0255. The first-order valence-electron chi connectivity index (χ1n) is 13.1. The lowest BCUT2D eigenvalue weighted by Crippen LogP contribution is -2.51. The van der Waals surface area contributed by atoms with Crippen LogP contribution in [0.2, 0.25) is 0 Å². The lowest BCUT2D eigenvalue weighted by molar-refractivity contribution is -0.126. The van der Waals surface area contributed by atoms with Crippen LogP contribution < -0.4 is 11.3 Å². The lowest BCUT2D eigenvalue weighted by atomic mass is 9.82. The largest absolute Gasteiger partial charge is 0.371 e. The normalized spacial score (nSPS) is 26.5. The molecule has 4 heterocycles. The number of rotatable bonds is 9. The number of anilines is 1. The fraction of sp³-hybridized carbons (Fsp3) is 0.560. The van der Waals surface area contributed by atoms with Crippen molar-refractivity contribution in [1.82, 2.24) is 19.5 Å². The molecule has 4 N–H and O–H groups in total. The molecule has 0 aliphatic carbocycles. The molecule has 224 valence electrons. The molecular formula is C25H34N5O8PS2. The molecule has 2 aliphatic rings. The molecule has 41 heavy (non-hydrogen) atoms. The van der Waals surface area contributed by atoms with Gasteiger partial charge >= 0.3 is 6.72 Å². The second-order valence-corrected chi connectivity index (χ2v) is 16.5. The summed E-state index contributed by atoms with van der Waals surface area (Å²) in [5, 5.41) is 0. The predicted molar refractivity (Wildman–Crippen MR) is 154 cm³/mol. The van der Waals surface area contributed by atoms with Crippen molar-refractivity contribution in [1.29, 1.82) is 0 Å². The van der Waals surface area contributed by atoms with Gasteiger partial charge in [0.15, 0.2) is 22.3 Å². The van der Waals surface area contributed by atoms with Gasteiger partial charge in [-0.15, -0.1) is 0 Å². The molecule has 1 aromatic carbocycles. The Labute approximate surface area is 242 Å². The van der Waals surface area contributed by atoms with Gasteiger partial charge in [0, 0.05) is 6.42 Å². The third-order valence-electron chi connectivity index (χ3n) is 7.33. The molecule has 13 nitrogen and oxygen atoms in total. The van der Waals surface area contributed by atoms with Crippen LogP contribution in [0.3, 0.4) is 0 Å². The van der Waals surface area contributed by atoms with Crippen LogP contribution >= 0.6 is 6.72 Å². The number of H-pyrrole nitrogens is 1. The average Bonchev–Trinajstić information content (AvgIpc) is 3.31. The van der Waals surface area contributed by atoms with Gasteiger partial charge in [0.1, 0.15) is 17.8 Å². The molecule has 5 atom stereocenters. The summed E-state index contributed by atoms with van der Waals surface area (Å²) >= 11 is 5.41. The summed E-state index contributed by atoms with van der Waals surface area (Å²) in [6, 6.07) is 6.30. The highest BCUT2D eigenvalue weighted by atomic mass is 32.5. The number of ether oxygens (including phenoxy) is 2. The molecule has 0 spiro atoms. The van der Waals surface area contributed by atoms with E-state index < -0.39 is 51.1 Å². The fourth-order valence-electron chi connectivity index (χ4n) is 5.51. The second-order valence-electron chi connectivity index (χ2n) is 11.3. The van der Waals surface area contributed by atoms with Crippen LogP contribution in [0.1, 0.15) is 52.3 Å². The maximum absolute atomic E-state index is 13.4. The fourth-order valence-corrected chi connectivity index (χ4v) is 9.45. The van der Waals surface area contributed by atoms with Crippen LogP contribution in [0.4, 0.5) is 5.95 Å². The van der Waals surface area contributed by atoms with Crippen LogP contribution in [-0.2, 0) is 40.2 Å². The minimum Gasteiger partial charge on any atom is -0.371 e. The number of fused-ring (bicyclic) bond motifs is 3. The zero-order valence-corrected chi connectivity index (χ0v) is 25.8. The Morgan fingerprint density at radius 2 is 2.02 bits per heavy atom. The minimum atomic E-state index is -4.22. The molecule has 2 fully saturated rings. The number of aryl methyl sites for hydroxylation is 1. The second kappa shape index (κ2) is 10.5. The maximum Gasteiger partial charge on any atom is 0.326 e. The Morgan fingerprint density at radius 3 is 2.68 bits per heavy atom. The molecule has 2 aliphatic heterocycles. The van der Waals surface area contributed by atoms with E-state index in [4.69, 9.17) is 36.1 Å². The Bertz CT molecular complexity index is 1670. The highest BCUT2D eigenvalue weighted by Crippen LogP contribution is 2.58. The van der Waals surface area contributed by atoms with Crippen molar-refractivity contribution in [3.8, 4) is 0 Å². The zero-order chi connectivity index (χ0) is 30.0. The summed E-state index contributed by atoms with van der Waals surface area (Å²) in [5.74, 6) is 0.0534. The number of benzene rings is 1. The number of nitrogens with zero attached hydrogens (tertiary/aromatic N) is 3. The van der Waals surface area contributed by atoms with Crippen LogP contribution in [0, 0.1) is 12.8 Å². The van der Waals surface area contributed by atoms with Crippen LogP contribution in [-0.4, -0.2) is 62.2 Å². The van der Waals surface area contributed by atoms with Crippen LogP contribution in [0.5, 0.6) is 0 Å². The van der Waals surface area contributed by atoms with Gasteiger partial charge in [-0.3, -0.25) is 23.4 Å². The van der Waals surface area contributed by atoms with E-state index in [-0.39, 0.29) is 27.9 Å². The van der Waals surface area contributed by atoms with Crippen molar-refractivity contribution in [3.05, 3.63) is 46.5 Å². The number of nitrogens with one attached hydrogen (secondary N) is 1. The molecule has 3 unspecified atom stereocenters. The number of nitrogens with two attached hydrogens (primary N) is 1. The smallest absolute Gasteiger partial charge is 0.326 e. The standard InChI is InChI=1S/C25H34N5O8PS2/c1-14(2)12-25-10-11-35-18(22(36-25)30-13-27-17-20(30)28-23(26)29-21(17)31)19(25)37-39(32,40)38-24(4,5)41(33,34)16-8-6-15(3)7-9-16/h6-9,13-14,18-19,22H,10-12H2,1-5H3,(H,32,40)(H3,26,28,29,31)/t18?,19?,22-,25-,39?/m1/s1. The zero-order valence-electron chi connectivity index (χ0n) is 23.3. The topological polar surface area (TPSA) is 181 Å². The molecular weight excluding hydrogens is 593 g/mol. The monoisotopic (exact) mass is 627 g/mol. The van der Waals surface area contributed by atoms with Crippen molar-refractivity contribution in [2.45, 2.75) is 81.3 Å². The van der Waals surface area contributed by atoms with Gasteiger partial charge in [-0.25, -0.2) is 13.4 Å². The van der Waals surface area contributed by atoms with E-state index in [1.54, 1.807) is 16.7 Å². The first kappa shape index (κ1) is 30.2. The van der Waals surface area contributed by atoms with Crippen LogP contribution in [0.15, 0.2) is 40.3 Å². The van der Waals surface area contributed by atoms with Gasteiger partial charge in [0.2, 0.25) is 15.8 Å². The predicted octanol–water partition coefficient (Wildman–Crippen LogP) is 2.94. The number of hydrogen-bond donors (Lipinski definition) is 3. The number of sulfone groups is 1. The molecule has 16 heteroatoms. The third kappa shape index (κ3) is 5.50. The average molecular weight is 628 g/mol. The molecule has 2 saturated heterocycles. The molecule has 2 bridgehead atoms. The van der Waals surface area contributed by atoms with Gasteiger partial charge < -0.3 is 20.1 Å². The summed E-state index contributed by atoms with van der Waals surface area (Å²) in [5.41, 5.74) is 5.47. The number of imidazole rings is 1. The number of aromatic amines is 1. The molecule has 0 amide bonds. The van der Waals surface area contributed by atoms with Crippen molar-refractivity contribution >= 4 is 45.5 Å². The molecule has 3 aromatic rings. The summed E-state index contributed by atoms with van der Waals surface area (Å²) in [6.07, 6.45) is -0.293. The molecule has 2 aromatic heterocycles. The number of nitrogen functional groups attached to an aromatic ring is 1. The van der Waals surface area contributed by atoms with Crippen molar-refractivity contribution in [2.24, 2.45) is 5.92 Å².